The summed E-state index contributed by atoms with van der Waals surface area (Å²) in [4.78, 5) is 25.1. The van der Waals surface area contributed by atoms with Crippen molar-refractivity contribution in [3.05, 3.63) is 59.7 Å². The van der Waals surface area contributed by atoms with Crippen LogP contribution < -0.4 is 5.32 Å². The van der Waals surface area contributed by atoms with Gasteiger partial charge in [0.2, 0.25) is 5.91 Å². The molecular formula is C18H14N4O2S. The SMILES string of the molecule is Cc1nc2cc(NC(=O)Cc3csc(-c4cccnc4)n3)ccc2o1. The van der Waals surface area contributed by atoms with Crippen molar-refractivity contribution in [3.63, 3.8) is 0 Å². The van der Waals surface area contributed by atoms with E-state index in [-0.39, 0.29) is 12.3 Å². The molecule has 0 aliphatic rings. The summed E-state index contributed by atoms with van der Waals surface area (Å²) in [5.74, 6) is 0.478. The lowest BCUT2D eigenvalue weighted by atomic mass is 10.2. The van der Waals surface area contributed by atoms with Gasteiger partial charge in [0.25, 0.3) is 0 Å². The van der Waals surface area contributed by atoms with Crippen LogP contribution in [0.4, 0.5) is 5.69 Å². The van der Waals surface area contributed by atoms with E-state index in [1.807, 2.05) is 17.5 Å². The Bertz CT molecular complexity index is 1040. The number of hydrogen-bond donors (Lipinski definition) is 1. The Hall–Kier alpha value is -3.06. The minimum atomic E-state index is -0.123. The molecule has 0 unspecified atom stereocenters. The first-order valence-corrected chi connectivity index (χ1v) is 8.57. The van der Waals surface area contributed by atoms with Crippen LogP contribution in [0.3, 0.4) is 0 Å². The van der Waals surface area contributed by atoms with Gasteiger partial charge in [0.05, 0.1) is 12.1 Å². The zero-order valence-electron chi connectivity index (χ0n) is 13.4. The largest absolute Gasteiger partial charge is 0.441 e. The molecule has 0 saturated carbocycles. The molecular weight excluding hydrogens is 336 g/mol. The molecule has 25 heavy (non-hydrogen) atoms. The highest BCUT2D eigenvalue weighted by Gasteiger charge is 2.10. The van der Waals surface area contributed by atoms with Crippen LogP contribution in [-0.2, 0) is 11.2 Å². The number of hydrogen-bond acceptors (Lipinski definition) is 6. The summed E-state index contributed by atoms with van der Waals surface area (Å²) in [5, 5.41) is 5.62. The maximum Gasteiger partial charge on any atom is 0.230 e. The van der Waals surface area contributed by atoms with Crippen LogP contribution in [0.15, 0.2) is 52.5 Å². The maximum atomic E-state index is 12.3. The molecule has 0 saturated heterocycles. The van der Waals surface area contributed by atoms with Gasteiger partial charge in [-0.15, -0.1) is 11.3 Å². The molecule has 3 heterocycles. The predicted octanol–water partition coefficient (Wildman–Crippen LogP) is 3.84. The monoisotopic (exact) mass is 350 g/mol. The lowest BCUT2D eigenvalue weighted by molar-refractivity contribution is -0.115. The summed E-state index contributed by atoms with van der Waals surface area (Å²) in [7, 11) is 0. The van der Waals surface area contributed by atoms with Gasteiger partial charge in [-0.05, 0) is 30.3 Å². The highest BCUT2D eigenvalue weighted by atomic mass is 32.1. The molecule has 4 rings (SSSR count). The Morgan fingerprint density at radius 1 is 1.28 bits per heavy atom. The van der Waals surface area contributed by atoms with Crippen LogP contribution >= 0.6 is 11.3 Å². The number of oxazole rings is 1. The fourth-order valence-corrected chi connectivity index (χ4v) is 3.31. The number of carbonyl (C=O) groups excluding carboxylic acids is 1. The summed E-state index contributed by atoms with van der Waals surface area (Å²) in [5.41, 5.74) is 3.80. The van der Waals surface area contributed by atoms with Gasteiger partial charge in [-0.2, -0.15) is 0 Å². The highest BCUT2D eigenvalue weighted by molar-refractivity contribution is 7.13. The summed E-state index contributed by atoms with van der Waals surface area (Å²) in [6, 6.07) is 9.21. The smallest absolute Gasteiger partial charge is 0.230 e. The second-order valence-electron chi connectivity index (χ2n) is 5.53. The number of aromatic nitrogens is 3. The number of aryl methyl sites for hydroxylation is 1. The lowest BCUT2D eigenvalue weighted by Gasteiger charge is -2.03. The second-order valence-corrected chi connectivity index (χ2v) is 6.38. The fourth-order valence-electron chi connectivity index (χ4n) is 2.50. The molecule has 0 radical (unpaired) electrons. The molecule has 1 aromatic carbocycles. The molecule has 6 nitrogen and oxygen atoms in total. The van der Waals surface area contributed by atoms with E-state index in [9.17, 15) is 4.79 Å². The standard InChI is InChI=1S/C18H14N4O2S/c1-11-20-15-7-13(4-5-16(15)24-11)21-17(23)8-14-10-25-18(22-14)12-3-2-6-19-9-12/h2-7,9-10H,8H2,1H3,(H,21,23). The van der Waals surface area contributed by atoms with Crippen LogP contribution in [0, 0.1) is 6.92 Å². The van der Waals surface area contributed by atoms with E-state index < -0.39 is 0 Å². The van der Waals surface area contributed by atoms with Gasteiger partial charge in [-0.1, -0.05) is 0 Å². The maximum absolute atomic E-state index is 12.3. The Balaban J connectivity index is 1.45. The number of thiazole rings is 1. The van der Waals surface area contributed by atoms with Crippen molar-refractivity contribution in [1.29, 1.82) is 0 Å². The molecule has 0 fully saturated rings. The van der Waals surface area contributed by atoms with E-state index in [1.165, 1.54) is 11.3 Å². The first-order chi connectivity index (χ1) is 12.2. The molecule has 3 aromatic heterocycles. The van der Waals surface area contributed by atoms with E-state index in [4.69, 9.17) is 4.42 Å². The van der Waals surface area contributed by atoms with Crippen molar-refractivity contribution < 1.29 is 9.21 Å². The van der Waals surface area contributed by atoms with E-state index in [2.05, 4.69) is 20.3 Å². The number of pyridine rings is 1. The third-order valence-electron chi connectivity index (χ3n) is 3.58. The van der Waals surface area contributed by atoms with Crippen LogP contribution in [0.1, 0.15) is 11.6 Å². The van der Waals surface area contributed by atoms with E-state index in [0.717, 1.165) is 21.8 Å². The fraction of sp³-hybridized carbons (Fsp3) is 0.111. The zero-order valence-corrected chi connectivity index (χ0v) is 14.2. The average Bonchev–Trinajstić information content (AvgIpc) is 3.21. The highest BCUT2D eigenvalue weighted by Crippen LogP contribution is 2.23. The molecule has 7 heteroatoms. The Morgan fingerprint density at radius 3 is 3.04 bits per heavy atom. The van der Waals surface area contributed by atoms with Crippen LogP contribution in [-0.4, -0.2) is 20.9 Å². The van der Waals surface area contributed by atoms with Gasteiger partial charge in [-0.25, -0.2) is 9.97 Å². The van der Waals surface area contributed by atoms with E-state index in [1.54, 1.807) is 37.5 Å². The lowest BCUT2D eigenvalue weighted by Crippen LogP contribution is -2.14. The number of rotatable bonds is 4. The number of anilines is 1. The van der Waals surface area contributed by atoms with Crippen molar-refractivity contribution in [2.24, 2.45) is 0 Å². The topological polar surface area (TPSA) is 80.9 Å². The minimum absolute atomic E-state index is 0.123. The van der Waals surface area contributed by atoms with E-state index >= 15 is 0 Å². The number of nitrogens with zero attached hydrogens (tertiary/aromatic N) is 3. The van der Waals surface area contributed by atoms with Crippen LogP contribution in [0.25, 0.3) is 21.7 Å². The second kappa shape index (κ2) is 6.45. The minimum Gasteiger partial charge on any atom is -0.441 e. The van der Waals surface area contributed by atoms with Crippen molar-refractivity contribution in [1.82, 2.24) is 15.0 Å². The van der Waals surface area contributed by atoms with Gasteiger partial charge in [0.15, 0.2) is 11.5 Å². The number of fused-ring (bicyclic) bond motifs is 1. The number of benzene rings is 1. The predicted molar refractivity (Wildman–Crippen MR) is 96.4 cm³/mol. The van der Waals surface area contributed by atoms with Gasteiger partial charge in [-0.3, -0.25) is 9.78 Å². The Kier molecular flexibility index (Phi) is 3.99. The van der Waals surface area contributed by atoms with Crippen molar-refractivity contribution in [3.8, 4) is 10.6 Å². The number of amides is 1. The molecule has 4 aromatic rings. The van der Waals surface area contributed by atoms with E-state index in [0.29, 0.717) is 17.2 Å². The summed E-state index contributed by atoms with van der Waals surface area (Å²) >= 11 is 1.50. The third kappa shape index (κ3) is 3.41. The van der Waals surface area contributed by atoms with Gasteiger partial charge in [0, 0.05) is 35.9 Å². The molecule has 0 aliphatic heterocycles. The normalized spacial score (nSPS) is 10.9. The first kappa shape index (κ1) is 15.5. The Labute approximate surface area is 147 Å². The quantitative estimate of drug-likeness (QED) is 0.605. The average molecular weight is 350 g/mol. The number of nitrogens with one attached hydrogen (secondary N) is 1. The van der Waals surface area contributed by atoms with Gasteiger partial charge in [0.1, 0.15) is 10.5 Å². The molecule has 0 aliphatic carbocycles. The molecule has 0 spiro atoms. The third-order valence-corrected chi connectivity index (χ3v) is 4.52. The van der Waals surface area contributed by atoms with Crippen LogP contribution in [0.5, 0.6) is 0 Å². The first-order valence-electron chi connectivity index (χ1n) is 7.69. The van der Waals surface area contributed by atoms with Crippen molar-refractivity contribution >= 4 is 34.0 Å². The summed E-state index contributed by atoms with van der Waals surface area (Å²) in [6.45, 7) is 1.79. The Morgan fingerprint density at radius 2 is 2.20 bits per heavy atom. The van der Waals surface area contributed by atoms with Crippen molar-refractivity contribution in [2.75, 3.05) is 5.32 Å². The number of carbonyl (C=O) groups is 1. The summed E-state index contributed by atoms with van der Waals surface area (Å²) in [6.07, 6.45) is 3.70. The van der Waals surface area contributed by atoms with Crippen molar-refractivity contribution in [2.45, 2.75) is 13.3 Å². The van der Waals surface area contributed by atoms with Gasteiger partial charge >= 0.3 is 0 Å². The molecule has 124 valence electrons. The summed E-state index contributed by atoms with van der Waals surface area (Å²) < 4.78 is 5.43. The molecule has 0 bridgehead atoms. The zero-order chi connectivity index (χ0) is 17.2. The van der Waals surface area contributed by atoms with Crippen LogP contribution in [0.2, 0.25) is 0 Å². The van der Waals surface area contributed by atoms with Gasteiger partial charge < -0.3 is 9.73 Å². The molecule has 0 atom stereocenters. The molecule has 1 amide bonds. The molecule has 1 N–H and O–H groups in total.